The molecule has 1 aliphatic rings. The SMILES string of the molecule is Clc1ccc2c(c1)CC(NCCn1cccn1)C2. The maximum absolute atomic E-state index is 6.01. The average molecular weight is 262 g/mol. The van der Waals surface area contributed by atoms with Gasteiger partial charge in [0.05, 0.1) is 6.54 Å². The maximum Gasteiger partial charge on any atom is 0.0534 e. The zero-order valence-corrected chi connectivity index (χ0v) is 10.9. The zero-order valence-electron chi connectivity index (χ0n) is 10.1. The fraction of sp³-hybridized carbons (Fsp3) is 0.357. The summed E-state index contributed by atoms with van der Waals surface area (Å²) in [6, 6.07) is 8.70. The lowest BCUT2D eigenvalue weighted by atomic mass is 10.1. The van der Waals surface area contributed by atoms with Crippen LogP contribution in [0.2, 0.25) is 5.02 Å². The second kappa shape index (κ2) is 5.12. The van der Waals surface area contributed by atoms with E-state index in [1.165, 1.54) is 11.1 Å². The lowest BCUT2D eigenvalue weighted by Crippen LogP contribution is -2.32. The number of benzene rings is 1. The van der Waals surface area contributed by atoms with Gasteiger partial charge >= 0.3 is 0 Å². The maximum atomic E-state index is 6.01. The van der Waals surface area contributed by atoms with E-state index in [4.69, 9.17) is 11.6 Å². The van der Waals surface area contributed by atoms with Crippen molar-refractivity contribution in [2.45, 2.75) is 25.4 Å². The number of halogens is 1. The van der Waals surface area contributed by atoms with Crippen LogP contribution in [0.1, 0.15) is 11.1 Å². The van der Waals surface area contributed by atoms with Crippen LogP contribution in [0.3, 0.4) is 0 Å². The van der Waals surface area contributed by atoms with E-state index >= 15 is 0 Å². The van der Waals surface area contributed by atoms with Gasteiger partial charge in [-0.05, 0) is 42.2 Å². The first kappa shape index (κ1) is 11.8. The first-order valence-corrected chi connectivity index (χ1v) is 6.67. The molecular formula is C14H16ClN3. The van der Waals surface area contributed by atoms with E-state index in [0.717, 1.165) is 31.0 Å². The van der Waals surface area contributed by atoms with Crippen LogP contribution in [0.25, 0.3) is 0 Å². The molecule has 1 unspecified atom stereocenters. The van der Waals surface area contributed by atoms with Crippen LogP contribution >= 0.6 is 11.6 Å². The van der Waals surface area contributed by atoms with Gasteiger partial charge in [-0.1, -0.05) is 17.7 Å². The van der Waals surface area contributed by atoms with Crippen LogP contribution in [-0.2, 0) is 19.4 Å². The van der Waals surface area contributed by atoms with Crippen LogP contribution in [-0.4, -0.2) is 22.4 Å². The summed E-state index contributed by atoms with van der Waals surface area (Å²) in [5, 5.41) is 8.61. The normalized spacial score (nSPS) is 17.9. The minimum atomic E-state index is 0.536. The molecule has 3 nitrogen and oxygen atoms in total. The number of aromatic nitrogens is 2. The Bertz CT molecular complexity index is 522. The summed E-state index contributed by atoms with van der Waals surface area (Å²) < 4.78 is 1.95. The smallest absolute Gasteiger partial charge is 0.0534 e. The van der Waals surface area contributed by atoms with Crippen molar-refractivity contribution in [1.29, 1.82) is 0 Å². The summed E-state index contributed by atoms with van der Waals surface area (Å²) in [7, 11) is 0. The summed E-state index contributed by atoms with van der Waals surface area (Å²) in [5.41, 5.74) is 2.81. The monoisotopic (exact) mass is 261 g/mol. The molecule has 94 valence electrons. The molecule has 0 amide bonds. The Morgan fingerprint density at radius 2 is 2.22 bits per heavy atom. The first-order chi connectivity index (χ1) is 8.81. The summed E-state index contributed by atoms with van der Waals surface area (Å²) in [5.74, 6) is 0. The molecule has 3 rings (SSSR count). The number of hydrogen-bond donors (Lipinski definition) is 1. The number of fused-ring (bicyclic) bond motifs is 1. The van der Waals surface area contributed by atoms with Crippen molar-refractivity contribution in [2.24, 2.45) is 0 Å². The Balaban J connectivity index is 1.52. The fourth-order valence-electron chi connectivity index (χ4n) is 2.55. The zero-order chi connectivity index (χ0) is 12.4. The van der Waals surface area contributed by atoms with E-state index in [9.17, 15) is 0 Å². The van der Waals surface area contributed by atoms with Gasteiger partial charge in [-0.25, -0.2) is 0 Å². The van der Waals surface area contributed by atoms with Gasteiger partial charge in [-0.2, -0.15) is 5.10 Å². The van der Waals surface area contributed by atoms with E-state index < -0.39 is 0 Å². The van der Waals surface area contributed by atoms with E-state index in [2.05, 4.69) is 22.5 Å². The summed E-state index contributed by atoms with van der Waals surface area (Å²) in [6.07, 6.45) is 5.99. The Morgan fingerprint density at radius 3 is 3.06 bits per heavy atom. The predicted molar refractivity (Wildman–Crippen MR) is 72.9 cm³/mol. The van der Waals surface area contributed by atoms with Crippen LogP contribution < -0.4 is 5.32 Å². The van der Waals surface area contributed by atoms with Crippen molar-refractivity contribution in [3.8, 4) is 0 Å². The van der Waals surface area contributed by atoms with Crippen molar-refractivity contribution in [2.75, 3.05) is 6.54 Å². The molecular weight excluding hydrogens is 246 g/mol. The molecule has 0 radical (unpaired) electrons. The van der Waals surface area contributed by atoms with Gasteiger partial charge in [0.1, 0.15) is 0 Å². The van der Waals surface area contributed by atoms with Gasteiger partial charge in [0.15, 0.2) is 0 Å². The third-order valence-electron chi connectivity index (χ3n) is 3.43. The quantitative estimate of drug-likeness (QED) is 0.915. The molecule has 0 fully saturated rings. The Hall–Kier alpha value is -1.32. The highest BCUT2D eigenvalue weighted by atomic mass is 35.5. The third kappa shape index (κ3) is 2.57. The Kier molecular flexibility index (Phi) is 3.35. The van der Waals surface area contributed by atoms with Gasteiger partial charge in [0.25, 0.3) is 0 Å². The van der Waals surface area contributed by atoms with Crippen molar-refractivity contribution >= 4 is 11.6 Å². The number of hydrogen-bond acceptors (Lipinski definition) is 2. The van der Waals surface area contributed by atoms with Gasteiger partial charge in [0.2, 0.25) is 0 Å². The Labute approximate surface area is 112 Å². The number of nitrogens with zero attached hydrogens (tertiary/aromatic N) is 2. The fourth-order valence-corrected chi connectivity index (χ4v) is 2.74. The molecule has 1 aliphatic carbocycles. The van der Waals surface area contributed by atoms with Crippen molar-refractivity contribution in [3.05, 3.63) is 52.8 Å². The highest BCUT2D eigenvalue weighted by molar-refractivity contribution is 6.30. The van der Waals surface area contributed by atoms with E-state index in [1.54, 1.807) is 0 Å². The first-order valence-electron chi connectivity index (χ1n) is 6.29. The van der Waals surface area contributed by atoms with Crippen LogP contribution in [0.5, 0.6) is 0 Å². The molecule has 1 aromatic carbocycles. The molecule has 0 saturated heterocycles. The van der Waals surface area contributed by atoms with Crippen LogP contribution in [0, 0.1) is 0 Å². The highest BCUT2D eigenvalue weighted by Gasteiger charge is 2.20. The van der Waals surface area contributed by atoms with E-state index in [-0.39, 0.29) is 0 Å². The standard InChI is InChI=1S/C14H16ClN3/c15-13-3-2-11-9-14(10-12(11)8-13)16-5-7-18-6-1-4-17-18/h1-4,6,8,14,16H,5,7,9-10H2. The van der Waals surface area contributed by atoms with Gasteiger partial charge in [0, 0.05) is 30.0 Å². The molecule has 0 spiro atoms. The van der Waals surface area contributed by atoms with Gasteiger partial charge in [-0.15, -0.1) is 0 Å². The Morgan fingerprint density at radius 1 is 1.33 bits per heavy atom. The average Bonchev–Trinajstić information content (AvgIpc) is 2.97. The largest absolute Gasteiger partial charge is 0.311 e. The minimum absolute atomic E-state index is 0.536. The van der Waals surface area contributed by atoms with Crippen molar-refractivity contribution in [1.82, 2.24) is 15.1 Å². The molecule has 4 heteroatoms. The van der Waals surface area contributed by atoms with Crippen LogP contribution in [0.15, 0.2) is 36.7 Å². The second-order valence-corrected chi connectivity index (χ2v) is 5.18. The molecule has 0 bridgehead atoms. The van der Waals surface area contributed by atoms with Gasteiger partial charge < -0.3 is 5.32 Å². The topological polar surface area (TPSA) is 29.9 Å². The van der Waals surface area contributed by atoms with Gasteiger partial charge in [-0.3, -0.25) is 4.68 Å². The van der Waals surface area contributed by atoms with Crippen molar-refractivity contribution in [3.63, 3.8) is 0 Å². The molecule has 1 N–H and O–H groups in total. The number of nitrogens with one attached hydrogen (secondary N) is 1. The lowest BCUT2D eigenvalue weighted by Gasteiger charge is -2.11. The van der Waals surface area contributed by atoms with Crippen LogP contribution in [0.4, 0.5) is 0 Å². The molecule has 0 saturated carbocycles. The summed E-state index contributed by atoms with van der Waals surface area (Å²) in [4.78, 5) is 0. The van der Waals surface area contributed by atoms with E-state index in [0.29, 0.717) is 6.04 Å². The molecule has 1 atom stereocenters. The minimum Gasteiger partial charge on any atom is -0.311 e. The highest BCUT2D eigenvalue weighted by Crippen LogP contribution is 2.25. The van der Waals surface area contributed by atoms with Crippen molar-refractivity contribution < 1.29 is 0 Å². The predicted octanol–water partition coefficient (Wildman–Crippen LogP) is 2.29. The second-order valence-electron chi connectivity index (χ2n) is 4.74. The third-order valence-corrected chi connectivity index (χ3v) is 3.67. The van der Waals surface area contributed by atoms with E-state index in [1.807, 2.05) is 29.2 Å². The summed E-state index contributed by atoms with van der Waals surface area (Å²) >= 11 is 6.01. The molecule has 1 heterocycles. The molecule has 0 aliphatic heterocycles. The lowest BCUT2D eigenvalue weighted by molar-refractivity contribution is 0.486. The number of rotatable bonds is 4. The summed E-state index contributed by atoms with van der Waals surface area (Å²) in [6.45, 7) is 1.87. The molecule has 2 aromatic rings. The molecule has 18 heavy (non-hydrogen) atoms. The molecule has 1 aromatic heterocycles.